The van der Waals surface area contributed by atoms with Crippen LogP contribution in [0.4, 0.5) is 10.5 Å². The number of nitrogens with zero attached hydrogens (tertiary/aromatic N) is 2. The van der Waals surface area contributed by atoms with Crippen LogP contribution in [0.2, 0.25) is 0 Å². The van der Waals surface area contributed by atoms with Crippen LogP contribution in [0.5, 0.6) is 0 Å². The first-order valence-corrected chi connectivity index (χ1v) is 9.49. The molecule has 1 aromatic carbocycles. The summed E-state index contributed by atoms with van der Waals surface area (Å²) in [5.74, 6) is 0.553. The van der Waals surface area contributed by atoms with Crippen LogP contribution in [0.3, 0.4) is 0 Å². The van der Waals surface area contributed by atoms with Gasteiger partial charge < -0.3 is 26.8 Å². The highest BCUT2D eigenvalue weighted by molar-refractivity contribution is 5.96. The van der Waals surface area contributed by atoms with E-state index < -0.39 is 6.10 Å². The molecule has 0 radical (unpaired) electrons. The molecular weight excluding hydrogens is 356 g/mol. The number of fused-ring (bicyclic) bond motifs is 1. The number of amides is 2. The van der Waals surface area contributed by atoms with Crippen molar-refractivity contribution in [3.8, 4) is 0 Å². The van der Waals surface area contributed by atoms with Crippen molar-refractivity contribution in [1.29, 1.82) is 0 Å². The Kier molecular flexibility index (Phi) is 6.33. The quantitative estimate of drug-likeness (QED) is 0.341. The molecule has 8 nitrogen and oxygen atoms in total. The van der Waals surface area contributed by atoms with Crippen molar-refractivity contribution in [2.75, 3.05) is 18.0 Å². The van der Waals surface area contributed by atoms with Gasteiger partial charge in [0, 0.05) is 37.0 Å². The van der Waals surface area contributed by atoms with Crippen LogP contribution in [0.1, 0.15) is 25.8 Å². The van der Waals surface area contributed by atoms with E-state index >= 15 is 0 Å². The number of allylic oxidation sites excluding steroid dienone is 1. The largest absolute Gasteiger partial charge is 0.390 e. The third-order valence-electron chi connectivity index (χ3n) is 4.64. The van der Waals surface area contributed by atoms with Gasteiger partial charge >= 0.3 is 6.03 Å². The lowest BCUT2D eigenvalue weighted by molar-refractivity contribution is 0.180. The maximum Gasteiger partial charge on any atom is 0.327 e. The van der Waals surface area contributed by atoms with Crippen molar-refractivity contribution in [2.24, 2.45) is 10.7 Å². The number of amidine groups is 1. The van der Waals surface area contributed by atoms with Gasteiger partial charge in [-0.1, -0.05) is 19.1 Å². The molecule has 2 aliphatic heterocycles. The molecule has 2 unspecified atom stereocenters. The molecule has 0 aromatic heterocycles. The SMILES string of the molecule is CCC(N)=NCC(O)CNCc1ccc(N2C=C3C=C(C)NC3NC2=O)cc1. The lowest BCUT2D eigenvalue weighted by Crippen LogP contribution is -2.51. The zero-order valence-corrected chi connectivity index (χ0v) is 16.3. The Morgan fingerprint density at radius 3 is 2.82 bits per heavy atom. The summed E-state index contributed by atoms with van der Waals surface area (Å²) in [6.45, 7) is 5.25. The van der Waals surface area contributed by atoms with E-state index in [1.54, 1.807) is 4.90 Å². The summed E-state index contributed by atoms with van der Waals surface area (Å²) in [7, 11) is 0. The van der Waals surface area contributed by atoms with E-state index in [1.807, 2.05) is 50.4 Å². The fourth-order valence-corrected chi connectivity index (χ4v) is 3.07. The molecule has 28 heavy (non-hydrogen) atoms. The van der Waals surface area contributed by atoms with Crippen molar-refractivity contribution in [3.05, 3.63) is 53.4 Å². The predicted molar refractivity (Wildman–Crippen MR) is 111 cm³/mol. The van der Waals surface area contributed by atoms with Crippen molar-refractivity contribution in [2.45, 2.75) is 39.1 Å². The van der Waals surface area contributed by atoms with Crippen LogP contribution in [0.15, 0.2) is 52.8 Å². The summed E-state index contributed by atoms with van der Waals surface area (Å²) in [5.41, 5.74) is 9.56. The van der Waals surface area contributed by atoms with Gasteiger partial charge in [-0.3, -0.25) is 9.89 Å². The number of nitrogens with one attached hydrogen (secondary N) is 3. The van der Waals surface area contributed by atoms with Gasteiger partial charge in [0.2, 0.25) is 0 Å². The predicted octanol–water partition coefficient (Wildman–Crippen LogP) is 1.15. The smallest absolute Gasteiger partial charge is 0.327 e. The maximum absolute atomic E-state index is 12.4. The van der Waals surface area contributed by atoms with Gasteiger partial charge in [0.05, 0.1) is 24.2 Å². The van der Waals surface area contributed by atoms with Gasteiger partial charge in [0.1, 0.15) is 6.17 Å². The topological polar surface area (TPSA) is 115 Å². The van der Waals surface area contributed by atoms with Crippen LogP contribution >= 0.6 is 0 Å². The van der Waals surface area contributed by atoms with E-state index in [0.29, 0.717) is 31.9 Å². The molecule has 2 aliphatic rings. The fraction of sp³-hybridized carbons (Fsp3) is 0.400. The number of anilines is 1. The van der Waals surface area contributed by atoms with E-state index in [-0.39, 0.29) is 12.2 Å². The molecular formula is C20H28N6O2. The lowest BCUT2D eigenvalue weighted by atomic mass is 10.1. The maximum atomic E-state index is 12.4. The van der Waals surface area contributed by atoms with Crippen molar-refractivity contribution < 1.29 is 9.90 Å². The fourth-order valence-electron chi connectivity index (χ4n) is 3.07. The van der Waals surface area contributed by atoms with E-state index in [2.05, 4.69) is 20.9 Å². The number of aliphatic imine (C=N–C) groups is 1. The highest BCUT2D eigenvalue weighted by Crippen LogP contribution is 2.24. The number of hydrogen-bond donors (Lipinski definition) is 5. The summed E-state index contributed by atoms with van der Waals surface area (Å²) >= 11 is 0. The standard InChI is InChI=1S/C20H28N6O2/c1-3-18(21)23-11-17(27)10-22-9-14-4-6-16(7-5-14)26-12-15-8-13(2)24-19(15)25-20(26)28/h4-8,12,17,19,22,24,27H,3,9-11H2,1-2H3,(H2,21,23)(H,25,28). The molecule has 150 valence electrons. The summed E-state index contributed by atoms with van der Waals surface area (Å²) < 4.78 is 0. The monoisotopic (exact) mass is 384 g/mol. The number of aliphatic hydroxyl groups is 1. The van der Waals surface area contributed by atoms with Gasteiger partial charge in [-0.15, -0.1) is 0 Å². The van der Waals surface area contributed by atoms with Gasteiger partial charge in [-0.2, -0.15) is 0 Å². The Labute approximate surface area is 165 Å². The molecule has 0 saturated heterocycles. The second-order valence-corrected chi connectivity index (χ2v) is 6.99. The highest BCUT2D eigenvalue weighted by atomic mass is 16.3. The summed E-state index contributed by atoms with van der Waals surface area (Å²) in [6.07, 6.45) is 3.86. The lowest BCUT2D eigenvalue weighted by Gasteiger charge is -2.29. The number of benzene rings is 1. The Morgan fingerprint density at radius 2 is 2.11 bits per heavy atom. The molecule has 2 atom stereocenters. The number of urea groups is 1. The number of aliphatic hydroxyl groups excluding tert-OH is 1. The molecule has 6 N–H and O–H groups in total. The average Bonchev–Trinajstić information content (AvgIpc) is 3.04. The zero-order valence-electron chi connectivity index (χ0n) is 16.3. The number of nitrogens with two attached hydrogens (primary N) is 1. The van der Waals surface area contributed by atoms with Crippen LogP contribution < -0.4 is 26.6 Å². The van der Waals surface area contributed by atoms with Gasteiger partial charge in [0.15, 0.2) is 0 Å². The Morgan fingerprint density at radius 1 is 1.36 bits per heavy atom. The van der Waals surface area contributed by atoms with E-state index in [9.17, 15) is 9.90 Å². The molecule has 0 bridgehead atoms. The minimum atomic E-state index is -0.572. The number of carbonyl (C=O) groups is 1. The third-order valence-corrected chi connectivity index (χ3v) is 4.64. The molecule has 0 saturated carbocycles. The Bertz CT molecular complexity index is 799. The van der Waals surface area contributed by atoms with E-state index in [1.165, 1.54) is 0 Å². The zero-order chi connectivity index (χ0) is 20.1. The normalized spacial score (nSPS) is 20.1. The minimum Gasteiger partial charge on any atom is -0.390 e. The van der Waals surface area contributed by atoms with Gasteiger partial charge in [-0.05, 0) is 30.7 Å². The summed E-state index contributed by atoms with van der Waals surface area (Å²) in [5, 5.41) is 19.3. The second kappa shape index (κ2) is 8.90. The van der Waals surface area contributed by atoms with Crippen LogP contribution in [0.25, 0.3) is 0 Å². The van der Waals surface area contributed by atoms with Crippen molar-refractivity contribution >= 4 is 17.6 Å². The molecule has 0 fully saturated rings. The number of carbonyl (C=O) groups excluding carboxylic acids is 1. The first-order chi connectivity index (χ1) is 13.5. The molecule has 3 rings (SSSR count). The highest BCUT2D eigenvalue weighted by Gasteiger charge is 2.29. The van der Waals surface area contributed by atoms with Crippen LogP contribution in [-0.4, -0.2) is 42.3 Å². The van der Waals surface area contributed by atoms with E-state index in [0.717, 1.165) is 22.5 Å². The Balaban J connectivity index is 1.53. The average molecular weight is 384 g/mol. The third kappa shape index (κ3) is 4.90. The first-order valence-electron chi connectivity index (χ1n) is 9.49. The minimum absolute atomic E-state index is 0.143. The number of rotatable bonds is 8. The van der Waals surface area contributed by atoms with Crippen molar-refractivity contribution in [1.82, 2.24) is 16.0 Å². The molecule has 0 aliphatic carbocycles. The molecule has 0 spiro atoms. The van der Waals surface area contributed by atoms with Crippen LogP contribution in [0, 0.1) is 0 Å². The van der Waals surface area contributed by atoms with E-state index in [4.69, 9.17) is 5.73 Å². The summed E-state index contributed by atoms with van der Waals surface area (Å²) in [6, 6.07) is 7.59. The molecule has 2 heterocycles. The summed E-state index contributed by atoms with van der Waals surface area (Å²) in [4.78, 5) is 18.1. The van der Waals surface area contributed by atoms with Crippen molar-refractivity contribution in [3.63, 3.8) is 0 Å². The van der Waals surface area contributed by atoms with Gasteiger partial charge in [0.25, 0.3) is 0 Å². The van der Waals surface area contributed by atoms with Gasteiger partial charge in [-0.25, -0.2) is 4.79 Å². The second-order valence-electron chi connectivity index (χ2n) is 6.99. The Hall–Kier alpha value is -2.84. The van der Waals surface area contributed by atoms with Crippen LogP contribution in [-0.2, 0) is 6.54 Å². The molecule has 1 aromatic rings. The molecule has 8 heteroatoms. The first kappa shape index (κ1) is 19.9. The number of hydrogen-bond acceptors (Lipinski definition) is 5. The molecule has 2 amide bonds.